The molecule has 1 atom stereocenters. The lowest BCUT2D eigenvalue weighted by atomic mass is 10.1. The minimum atomic E-state index is -0.913. The Morgan fingerprint density at radius 1 is 1.00 bits per heavy atom. The summed E-state index contributed by atoms with van der Waals surface area (Å²) in [6, 6.07) is 11.3. The zero-order valence-corrected chi connectivity index (χ0v) is 14.9. The first kappa shape index (κ1) is 18.5. The van der Waals surface area contributed by atoms with E-state index in [0.717, 1.165) is 0 Å². The van der Waals surface area contributed by atoms with Gasteiger partial charge < -0.3 is 4.74 Å². The summed E-state index contributed by atoms with van der Waals surface area (Å²) in [6.07, 6.45) is 1.80. The predicted molar refractivity (Wildman–Crippen MR) is 96.8 cm³/mol. The van der Waals surface area contributed by atoms with Crippen molar-refractivity contribution < 1.29 is 14.3 Å². The molecule has 2 aromatic carbocycles. The third-order valence-electron chi connectivity index (χ3n) is 3.15. The summed E-state index contributed by atoms with van der Waals surface area (Å²) in [5, 5.41) is 1.44. The highest BCUT2D eigenvalue weighted by Gasteiger charge is 2.18. The van der Waals surface area contributed by atoms with Gasteiger partial charge in [0.15, 0.2) is 6.10 Å². The van der Waals surface area contributed by atoms with Gasteiger partial charge in [-0.25, -0.2) is 4.79 Å². The molecule has 0 radical (unpaired) electrons. The lowest BCUT2D eigenvalue weighted by Gasteiger charge is -2.10. The van der Waals surface area contributed by atoms with Gasteiger partial charge in [0.2, 0.25) is 5.78 Å². The Morgan fingerprint density at radius 2 is 1.62 bits per heavy atom. The van der Waals surface area contributed by atoms with Crippen LogP contribution in [0.2, 0.25) is 15.1 Å². The van der Waals surface area contributed by atoms with E-state index >= 15 is 0 Å². The van der Waals surface area contributed by atoms with Crippen LogP contribution in [0.3, 0.4) is 0 Å². The second-order valence-corrected chi connectivity index (χ2v) is 6.23. The predicted octanol–water partition coefficient (Wildman–Crippen LogP) is 5.47. The van der Waals surface area contributed by atoms with Crippen LogP contribution in [0.4, 0.5) is 0 Å². The number of ether oxygens (including phenoxy) is 1. The molecule has 124 valence electrons. The molecule has 0 heterocycles. The molecule has 0 unspecified atom stereocenters. The first-order chi connectivity index (χ1) is 11.4. The van der Waals surface area contributed by atoms with E-state index in [9.17, 15) is 9.59 Å². The summed E-state index contributed by atoms with van der Waals surface area (Å²) < 4.78 is 5.10. The molecule has 24 heavy (non-hydrogen) atoms. The summed E-state index contributed by atoms with van der Waals surface area (Å²) in [4.78, 5) is 24.0. The Labute approximate surface area is 154 Å². The maximum absolute atomic E-state index is 12.2. The number of carbonyl (C=O) groups is 2. The summed E-state index contributed by atoms with van der Waals surface area (Å²) in [5.74, 6) is -0.950. The molecule has 0 aliphatic rings. The Morgan fingerprint density at radius 3 is 2.25 bits per heavy atom. The van der Waals surface area contributed by atoms with Crippen molar-refractivity contribution in [3.63, 3.8) is 0 Å². The molecule has 0 fully saturated rings. The van der Waals surface area contributed by atoms with Gasteiger partial charge in [0.25, 0.3) is 0 Å². The van der Waals surface area contributed by atoms with E-state index in [-0.39, 0.29) is 5.78 Å². The number of esters is 1. The van der Waals surface area contributed by atoms with Gasteiger partial charge >= 0.3 is 5.97 Å². The van der Waals surface area contributed by atoms with Gasteiger partial charge in [-0.05, 0) is 55.0 Å². The number of rotatable bonds is 5. The molecule has 6 heteroatoms. The van der Waals surface area contributed by atoms with Crippen molar-refractivity contribution in [1.82, 2.24) is 0 Å². The van der Waals surface area contributed by atoms with E-state index < -0.39 is 12.1 Å². The second-order valence-electron chi connectivity index (χ2n) is 4.95. The van der Waals surface area contributed by atoms with Crippen molar-refractivity contribution in [3.05, 3.63) is 74.7 Å². The van der Waals surface area contributed by atoms with Crippen LogP contribution in [-0.2, 0) is 9.53 Å². The lowest BCUT2D eigenvalue weighted by Crippen LogP contribution is -2.23. The molecule has 0 amide bonds. The smallest absolute Gasteiger partial charge is 0.331 e. The summed E-state index contributed by atoms with van der Waals surface area (Å²) in [6.45, 7) is 1.51. The van der Waals surface area contributed by atoms with Gasteiger partial charge in [0, 0.05) is 26.7 Å². The van der Waals surface area contributed by atoms with Crippen molar-refractivity contribution in [2.45, 2.75) is 13.0 Å². The highest BCUT2D eigenvalue weighted by Crippen LogP contribution is 2.22. The highest BCUT2D eigenvalue weighted by atomic mass is 35.5. The standard InChI is InChI=1S/C18H13Cl3O3/c1-11(18(23)13-3-6-14(19)7-4-13)24-17(22)9-5-12-2-8-15(20)10-16(12)21/h2-11H,1H3/b9-5+/t11-/m1/s1. The Balaban J connectivity index is 1.99. The molecule has 0 N–H and O–H groups in total. The van der Waals surface area contributed by atoms with Crippen molar-refractivity contribution in [2.24, 2.45) is 0 Å². The van der Waals surface area contributed by atoms with Crippen LogP contribution >= 0.6 is 34.8 Å². The Bertz CT molecular complexity index is 783. The summed E-state index contributed by atoms with van der Waals surface area (Å²) in [5.41, 5.74) is 1.04. The number of halogens is 3. The molecule has 0 saturated carbocycles. The third kappa shape index (κ3) is 5.10. The molecular weight excluding hydrogens is 371 g/mol. The quantitative estimate of drug-likeness (QED) is 0.390. The summed E-state index contributed by atoms with van der Waals surface area (Å²) in [7, 11) is 0. The van der Waals surface area contributed by atoms with Crippen molar-refractivity contribution >= 4 is 52.6 Å². The molecule has 2 aromatic rings. The molecule has 2 rings (SSSR count). The normalized spacial score (nSPS) is 12.2. The summed E-state index contributed by atoms with van der Waals surface area (Å²) >= 11 is 17.6. The number of Topliss-reactive ketones (excluding diaryl/α,β-unsaturated/α-hetero) is 1. The maximum Gasteiger partial charge on any atom is 0.331 e. The molecule has 0 spiro atoms. The highest BCUT2D eigenvalue weighted by molar-refractivity contribution is 6.35. The van der Waals surface area contributed by atoms with Crippen molar-refractivity contribution in [2.75, 3.05) is 0 Å². The van der Waals surface area contributed by atoms with E-state index in [1.165, 1.54) is 19.1 Å². The Hall–Kier alpha value is -1.81. The molecule has 0 aliphatic carbocycles. The van der Waals surface area contributed by atoms with E-state index in [1.807, 2.05) is 0 Å². The van der Waals surface area contributed by atoms with E-state index in [1.54, 1.807) is 42.5 Å². The van der Waals surface area contributed by atoms with E-state index in [2.05, 4.69) is 0 Å². The van der Waals surface area contributed by atoms with Gasteiger partial charge in [-0.3, -0.25) is 4.79 Å². The van der Waals surface area contributed by atoms with Gasteiger partial charge in [0.05, 0.1) is 0 Å². The largest absolute Gasteiger partial charge is 0.451 e. The van der Waals surface area contributed by atoms with Crippen LogP contribution < -0.4 is 0 Å². The van der Waals surface area contributed by atoms with Crippen molar-refractivity contribution in [3.8, 4) is 0 Å². The fourth-order valence-electron chi connectivity index (χ4n) is 1.91. The molecule has 3 nitrogen and oxygen atoms in total. The minimum absolute atomic E-state index is 0.307. The number of hydrogen-bond acceptors (Lipinski definition) is 3. The fraction of sp³-hybridized carbons (Fsp3) is 0.111. The maximum atomic E-state index is 12.2. The molecular formula is C18H13Cl3O3. The number of carbonyl (C=O) groups excluding carboxylic acids is 2. The van der Waals surface area contributed by atoms with Gasteiger partial charge in [0.1, 0.15) is 0 Å². The molecule has 0 saturated heterocycles. The van der Waals surface area contributed by atoms with Gasteiger partial charge in [-0.15, -0.1) is 0 Å². The van der Waals surface area contributed by atoms with Gasteiger partial charge in [-0.2, -0.15) is 0 Å². The van der Waals surface area contributed by atoms with Crippen LogP contribution in [0, 0.1) is 0 Å². The molecule has 0 aliphatic heterocycles. The zero-order chi connectivity index (χ0) is 17.7. The number of hydrogen-bond donors (Lipinski definition) is 0. The lowest BCUT2D eigenvalue weighted by molar-refractivity contribution is -0.140. The SMILES string of the molecule is C[C@@H](OC(=O)/C=C/c1ccc(Cl)cc1Cl)C(=O)c1ccc(Cl)cc1. The van der Waals surface area contributed by atoms with Crippen LogP contribution in [0.1, 0.15) is 22.8 Å². The topological polar surface area (TPSA) is 43.4 Å². The average molecular weight is 384 g/mol. The second kappa shape index (κ2) is 8.34. The zero-order valence-electron chi connectivity index (χ0n) is 12.6. The molecule has 0 bridgehead atoms. The van der Waals surface area contributed by atoms with Crippen LogP contribution in [0.25, 0.3) is 6.08 Å². The van der Waals surface area contributed by atoms with Gasteiger partial charge in [-0.1, -0.05) is 40.9 Å². The number of benzene rings is 2. The average Bonchev–Trinajstić information content (AvgIpc) is 2.54. The third-order valence-corrected chi connectivity index (χ3v) is 3.97. The Kier molecular flexibility index (Phi) is 6.44. The van der Waals surface area contributed by atoms with E-state index in [0.29, 0.717) is 26.2 Å². The number of ketones is 1. The minimum Gasteiger partial charge on any atom is -0.451 e. The van der Waals surface area contributed by atoms with Crippen LogP contribution in [0.15, 0.2) is 48.5 Å². The monoisotopic (exact) mass is 382 g/mol. The van der Waals surface area contributed by atoms with Crippen LogP contribution in [-0.4, -0.2) is 17.9 Å². The first-order valence-corrected chi connectivity index (χ1v) is 8.14. The molecule has 0 aromatic heterocycles. The van der Waals surface area contributed by atoms with Crippen molar-refractivity contribution in [1.29, 1.82) is 0 Å². The fourth-order valence-corrected chi connectivity index (χ4v) is 2.51. The van der Waals surface area contributed by atoms with Crippen LogP contribution in [0.5, 0.6) is 0 Å². The van der Waals surface area contributed by atoms with E-state index in [4.69, 9.17) is 39.5 Å². The first-order valence-electron chi connectivity index (χ1n) is 7.00.